The van der Waals surface area contributed by atoms with Gasteiger partial charge in [-0.05, 0) is 51.4 Å². The van der Waals surface area contributed by atoms with Crippen molar-refractivity contribution in [3.05, 3.63) is 58.1 Å². The fraction of sp³-hybridized carbons (Fsp3) is 0.320. The van der Waals surface area contributed by atoms with E-state index in [9.17, 15) is 14.0 Å². The molecule has 2 aromatic carbocycles. The zero-order valence-electron chi connectivity index (χ0n) is 19.8. The molecule has 9 nitrogen and oxygen atoms in total. The van der Waals surface area contributed by atoms with Crippen molar-refractivity contribution >= 4 is 33.5 Å². The second-order valence-corrected chi connectivity index (χ2v) is 9.25. The molecule has 0 spiro atoms. The maximum Gasteiger partial charge on any atom is 0.261 e. The lowest BCUT2D eigenvalue weighted by Gasteiger charge is -2.39. The number of H-pyrrole nitrogens is 2. The number of hydrogen-bond acceptors (Lipinski definition) is 6. The van der Waals surface area contributed by atoms with Crippen LogP contribution in [0.25, 0.3) is 33.3 Å². The summed E-state index contributed by atoms with van der Waals surface area (Å²) in [7, 11) is 3.94. The third-order valence-electron chi connectivity index (χ3n) is 6.33. The molecule has 2 aromatic heterocycles. The molecule has 0 saturated carbocycles. The summed E-state index contributed by atoms with van der Waals surface area (Å²) in [6, 6.07) is 9.47. The number of nitrogens with one attached hydrogen (secondary N) is 2. The number of ether oxygens (including phenoxy) is 1. The number of amides is 1. The first-order chi connectivity index (χ1) is 16.7. The van der Waals surface area contributed by atoms with Crippen molar-refractivity contribution < 1.29 is 13.9 Å². The molecule has 4 aromatic rings. The summed E-state index contributed by atoms with van der Waals surface area (Å²) < 4.78 is 20.3. The fourth-order valence-corrected chi connectivity index (χ4v) is 4.61. The maximum absolute atomic E-state index is 14.4. The predicted octanol–water partition coefficient (Wildman–Crippen LogP) is 2.58. The van der Waals surface area contributed by atoms with E-state index in [1.165, 1.54) is 12.1 Å². The van der Waals surface area contributed by atoms with Gasteiger partial charge in [0.15, 0.2) is 0 Å². The Bertz CT molecular complexity index is 1490. The van der Waals surface area contributed by atoms with E-state index in [0.717, 1.165) is 6.54 Å². The van der Waals surface area contributed by atoms with E-state index in [1.807, 2.05) is 30.8 Å². The van der Waals surface area contributed by atoms with Gasteiger partial charge in [-0.25, -0.2) is 9.37 Å². The quantitative estimate of drug-likeness (QED) is 0.415. The van der Waals surface area contributed by atoms with Crippen LogP contribution in [0.4, 0.5) is 10.1 Å². The molecule has 0 bridgehead atoms. The molecule has 3 heterocycles. The zero-order chi connectivity index (χ0) is 24.9. The van der Waals surface area contributed by atoms with Crippen LogP contribution >= 0.6 is 0 Å². The molecule has 1 aliphatic heterocycles. The van der Waals surface area contributed by atoms with Gasteiger partial charge in [-0.3, -0.25) is 9.59 Å². The van der Waals surface area contributed by atoms with Crippen LogP contribution in [0.1, 0.15) is 17.3 Å². The molecular formula is C25H27FN6O3. The summed E-state index contributed by atoms with van der Waals surface area (Å²) >= 11 is 0. The van der Waals surface area contributed by atoms with Crippen LogP contribution in [0.3, 0.4) is 0 Å². The molecular weight excluding hydrogens is 451 g/mol. The number of benzene rings is 2. The number of aromatic nitrogens is 3. The van der Waals surface area contributed by atoms with Gasteiger partial charge in [0.1, 0.15) is 17.2 Å². The molecule has 35 heavy (non-hydrogen) atoms. The average Bonchev–Trinajstić information content (AvgIpc) is 3.22. The Hall–Kier alpha value is -3.76. The topological polar surface area (TPSA) is 120 Å². The van der Waals surface area contributed by atoms with Crippen molar-refractivity contribution in [3.63, 3.8) is 0 Å². The van der Waals surface area contributed by atoms with Gasteiger partial charge in [-0.1, -0.05) is 6.07 Å². The second-order valence-electron chi connectivity index (χ2n) is 9.25. The molecule has 1 aliphatic rings. The maximum atomic E-state index is 14.4. The number of morpholine rings is 1. The van der Waals surface area contributed by atoms with Crippen LogP contribution in [0.15, 0.2) is 41.2 Å². The largest absolute Gasteiger partial charge is 0.397 e. The number of rotatable bonds is 4. The van der Waals surface area contributed by atoms with Gasteiger partial charge >= 0.3 is 0 Å². The van der Waals surface area contributed by atoms with Crippen LogP contribution in [-0.2, 0) is 4.74 Å². The molecule has 1 saturated heterocycles. The van der Waals surface area contributed by atoms with Gasteiger partial charge in [0.2, 0.25) is 0 Å². The molecule has 0 aliphatic carbocycles. The van der Waals surface area contributed by atoms with Crippen LogP contribution in [0.2, 0.25) is 0 Å². The van der Waals surface area contributed by atoms with Gasteiger partial charge < -0.3 is 30.2 Å². The number of nitrogen functional groups attached to an aromatic ring is 1. The highest BCUT2D eigenvalue weighted by Crippen LogP contribution is 2.30. The number of anilines is 1. The van der Waals surface area contributed by atoms with Crippen molar-refractivity contribution in [2.75, 3.05) is 39.5 Å². The Labute approximate surface area is 200 Å². The smallest absolute Gasteiger partial charge is 0.261 e. The first kappa shape index (κ1) is 23.0. The third-order valence-corrected chi connectivity index (χ3v) is 6.33. The molecule has 0 unspecified atom stereocenters. The van der Waals surface area contributed by atoms with E-state index < -0.39 is 11.4 Å². The number of nitrogens with two attached hydrogens (primary N) is 1. The van der Waals surface area contributed by atoms with Gasteiger partial charge in [-0.2, -0.15) is 0 Å². The van der Waals surface area contributed by atoms with Crippen LogP contribution in [-0.4, -0.2) is 76.6 Å². The van der Waals surface area contributed by atoms with Gasteiger partial charge in [0, 0.05) is 18.7 Å². The first-order valence-corrected chi connectivity index (χ1v) is 11.4. The van der Waals surface area contributed by atoms with E-state index in [2.05, 4.69) is 15.0 Å². The minimum atomic E-state index is -0.534. The summed E-state index contributed by atoms with van der Waals surface area (Å²) in [5.41, 5.74) is 7.74. The van der Waals surface area contributed by atoms with E-state index in [1.54, 1.807) is 24.3 Å². The highest BCUT2D eigenvalue weighted by Gasteiger charge is 2.30. The van der Waals surface area contributed by atoms with Crippen LogP contribution in [0, 0.1) is 5.82 Å². The number of imidazole rings is 1. The Balaban J connectivity index is 1.50. The Morgan fingerprint density at radius 3 is 2.83 bits per heavy atom. The Morgan fingerprint density at radius 2 is 2.06 bits per heavy atom. The Morgan fingerprint density at radius 1 is 1.26 bits per heavy atom. The summed E-state index contributed by atoms with van der Waals surface area (Å²) in [4.78, 5) is 40.2. The Kier molecular flexibility index (Phi) is 5.78. The van der Waals surface area contributed by atoms with Gasteiger partial charge in [0.05, 0.1) is 46.4 Å². The number of aromatic amines is 2. The lowest BCUT2D eigenvalue weighted by atomic mass is 10.1. The van der Waals surface area contributed by atoms with Crippen molar-refractivity contribution in [3.8, 4) is 11.4 Å². The summed E-state index contributed by atoms with van der Waals surface area (Å²) in [5.74, 6) is -0.430. The molecule has 1 amide bonds. The minimum Gasteiger partial charge on any atom is -0.397 e. The normalized spacial score (nSPS) is 18.6. The number of fused-ring (bicyclic) bond motifs is 2. The first-order valence-electron chi connectivity index (χ1n) is 11.4. The molecule has 182 valence electrons. The number of halogens is 1. The van der Waals surface area contributed by atoms with Crippen LogP contribution < -0.4 is 11.3 Å². The average molecular weight is 479 g/mol. The van der Waals surface area contributed by atoms with E-state index in [-0.39, 0.29) is 40.5 Å². The van der Waals surface area contributed by atoms with Crippen LogP contribution in [0.5, 0.6) is 0 Å². The molecule has 1 fully saturated rings. The summed E-state index contributed by atoms with van der Waals surface area (Å²) in [6.07, 6.45) is -0.0596. The lowest BCUT2D eigenvalue weighted by molar-refractivity contribution is -0.0546. The standard InChI is InChI=1S/C25H27FN6O3/c1-13-12-35-15(10-31(2)3)11-32(13)25(34)14-7-8-17-19(9-14)29-23(28-17)21-22(27)20-16(26)5-4-6-18(20)30-24(21)33/h4-9,13,15H,10-12H2,1-3H3,(H,28,29)(H3,27,30,33)/t13-,15+/m1/s1. The summed E-state index contributed by atoms with van der Waals surface area (Å²) in [6.45, 7) is 3.66. The third kappa shape index (κ3) is 4.15. The van der Waals surface area contributed by atoms with Gasteiger partial charge in [0.25, 0.3) is 11.5 Å². The second kappa shape index (κ2) is 8.79. The number of carbonyl (C=O) groups excluding carboxylic acids is 1. The van der Waals surface area contributed by atoms with E-state index >= 15 is 0 Å². The molecule has 5 rings (SSSR count). The minimum absolute atomic E-state index is 0.00582. The molecule has 0 radical (unpaired) electrons. The number of carbonyl (C=O) groups is 1. The number of nitrogens with zero attached hydrogens (tertiary/aromatic N) is 3. The van der Waals surface area contributed by atoms with Crippen molar-refractivity contribution in [2.45, 2.75) is 19.1 Å². The highest BCUT2D eigenvalue weighted by atomic mass is 19.1. The highest BCUT2D eigenvalue weighted by molar-refractivity contribution is 6.00. The van der Waals surface area contributed by atoms with Crippen molar-refractivity contribution in [1.82, 2.24) is 24.8 Å². The number of hydrogen-bond donors (Lipinski definition) is 3. The number of likely N-dealkylation sites (N-methyl/N-ethyl adjacent to an activating group) is 1. The molecule has 4 N–H and O–H groups in total. The predicted molar refractivity (Wildman–Crippen MR) is 133 cm³/mol. The SMILES string of the molecule is C[C@@H]1CO[C@@H](CN(C)C)CN1C(=O)c1ccc2nc(-c3c(N)c4c(F)cccc4[nH]c3=O)[nH]c2c1. The molecule has 2 atom stereocenters. The van der Waals surface area contributed by atoms with E-state index in [4.69, 9.17) is 10.5 Å². The lowest BCUT2D eigenvalue weighted by Crippen LogP contribution is -2.53. The monoisotopic (exact) mass is 478 g/mol. The summed E-state index contributed by atoms with van der Waals surface area (Å²) in [5, 5.41) is 0.131. The van der Waals surface area contributed by atoms with Crippen molar-refractivity contribution in [1.29, 1.82) is 0 Å². The number of pyridine rings is 1. The fourth-order valence-electron chi connectivity index (χ4n) is 4.61. The van der Waals surface area contributed by atoms with E-state index in [0.29, 0.717) is 35.3 Å². The van der Waals surface area contributed by atoms with Gasteiger partial charge in [-0.15, -0.1) is 0 Å². The zero-order valence-corrected chi connectivity index (χ0v) is 19.8. The van der Waals surface area contributed by atoms with Crippen molar-refractivity contribution in [2.24, 2.45) is 0 Å². The molecule has 10 heteroatoms.